The van der Waals surface area contributed by atoms with Crippen molar-refractivity contribution in [2.75, 3.05) is 0 Å². The Kier molecular flexibility index (Phi) is 6.50. The largest absolute Gasteiger partial charge is 0.488 e. The van der Waals surface area contributed by atoms with Gasteiger partial charge in [-0.2, -0.15) is 0 Å². The van der Waals surface area contributed by atoms with Crippen molar-refractivity contribution < 1.29 is 4.74 Å². The highest BCUT2D eigenvalue weighted by Gasteiger charge is 2.30. The summed E-state index contributed by atoms with van der Waals surface area (Å²) in [7, 11) is 0. The molecule has 58 heavy (non-hydrogen) atoms. The third-order valence-electron chi connectivity index (χ3n) is 12.5. The Balaban J connectivity index is 1.02. The Morgan fingerprint density at radius 2 is 0.966 bits per heavy atom. The molecule has 0 radical (unpaired) electrons. The van der Waals surface area contributed by atoms with Gasteiger partial charge >= 0.3 is 0 Å². The van der Waals surface area contributed by atoms with Gasteiger partial charge in [0.2, 0.25) is 0 Å². The van der Waals surface area contributed by atoms with Gasteiger partial charge in [-0.25, -0.2) is 0 Å². The quantitative estimate of drug-likeness (QED) is 0.176. The van der Waals surface area contributed by atoms with Crippen LogP contribution in [0.2, 0.25) is 0 Å². The minimum Gasteiger partial charge on any atom is -0.488 e. The average Bonchev–Trinajstić information content (AvgIpc) is 3.76. The van der Waals surface area contributed by atoms with Gasteiger partial charge in [-0.3, -0.25) is 0 Å². The van der Waals surface area contributed by atoms with E-state index in [4.69, 9.17) is 4.74 Å². The fourth-order valence-corrected chi connectivity index (χ4v) is 9.95. The van der Waals surface area contributed by atoms with Crippen LogP contribution >= 0.6 is 0 Å². The molecule has 0 amide bonds. The molecule has 0 aliphatic carbocycles. The van der Waals surface area contributed by atoms with Crippen LogP contribution in [0, 0.1) is 0 Å². The molecule has 2 aliphatic heterocycles. The number of hydrogen-bond donors (Lipinski definition) is 0. The van der Waals surface area contributed by atoms with E-state index in [-0.39, 0.29) is 0 Å². The number of aromatic nitrogens is 2. The molecule has 0 spiro atoms. The summed E-state index contributed by atoms with van der Waals surface area (Å²) in [6, 6.07) is 71.3. The number of nitrogens with zero attached hydrogens (tertiary/aromatic N) is 2. The molecule has 3 nitrogen and oxygen atoms in total. The Morgan fingerprint density at radius 3 is 1.72 bits per heavy atom. The standard InChI is InChI=1S/C55H34N2O/c1-3-12-34(13-4-1)39-28-40(35-14-5-2-6-15-35)30-41(29-39)56-48-21-8-7-17-42(48)46-31-36(24-26-49(46)56)37-25-27-50-47(32-37)45-20-10-19-44-43-18-9-16-38-33-58-52-23-11-22-51(54(52)53(38)43)57(50)55(44)45/h1-32H,33H2. The predicted octanol–water partition coefficient (Wildman–Crippen LogP) is 14.4. The van der Waals surface area contributed by atoms with E-state index in [1.807, 2.05) is 0 Å². The summed E-state index contributed by atoms with van der Waals surface area (Å²) in [5.74, 6) is 0.951. The molecular formula is C55H34N2O. The van der Waals surface area contributed by atoms with Crippen LogP contribution in [0.15, 0.2) is 194 Å². The van der Waals surface area contributed by atoms with E-state index in [2.05, 4.69) is 203 Å². The molecule has 0 N–H and O–H groups in total. The molecule has 9 aromatic carbocycles. The van der Waals surface area contributed by atoms with E-state index in [0.717, 1.165) is 11.4 Å². The predicted molar refractivity (Wildman–Crippen MR) is 240 cm³/mol. The number of para-hydroxylation sites is 2. The Labute approximate surface area is 335 Å². The molecule has 0 atom stereocenters. The van der Waals surface area contributed by atoms with Crippen molar-refractivity contribution in [2.24, 2.45) is 0 Å². The highest BCUT2D eigenvalue weighted by atomic mass is 16.5. The zero-order valence-electron chi connectivity index (χ0n) is 31.5. The summed E-state index contributed by atoms with van der Waals surface area (Å²) in [6.07, 6.45) is 0. The molecular weight excluding hydrogens is 705 g/mol. The number of hydrogen-bond acceptors (Lipinski definition) is 1. The van der Waals surface area contributed by atoms with Gasteiger partial charge in [-0.1, -0.05) is 133 Å². The second-order valence-corrected chi connectivity index (χ2v) is 15.6. The van der Waals surface area contributed by atoms with Crippen molar-refractivity contribution in [1.29, 1.82) is 0 Å². The Morgan fingerprint density at radius 1 is 0.362 bits per heavy atom. The fraction of sp³-hybridized carbons (Fsp3) is 0.0182. The summed E-state index contributed by atoms with van der Waals surface area (Å²) in [4.78, 5) is 0. The van der Waals surface area contributed by atoms with Crippen molar-refractivity contribution in [3.05, 3.63) is 200 Å². The van der Waals surface area contributed by atoms with E-state index in [1.165, 1.54) is 110 Å². The van der Waals surface area contributed by atoms with Crippen molar-refractivity contribution >= 4 is 43.6 Å². The van der Waals surface area contributed by atoms with Crippen LogP contribution in [-0.4, -0.2) is 9.13 Å². The van der Waals surface area contributed by atoms with Crippen molar-refractivity contribution in [3.63, 3.8) is 0 Å². The van der Waals surface area contributed by atoms with Crippen LogP contribution in [-0.2, 0) is 6.61 Å². The van der Waals surface area contributed by atoms with E-state index in [0.29, 0.717) is 6.61 Å². The molecule has 0 saturated heterocycles. The first-order valence-electron chi connectivity index (χ1n) is 20.0. The van der Waals surface area contributed by atoms with Gasteiger partial charge in [-0.05, 0) is 105 Å². The SMILES string of the molecule is c1ccc(-c2cc(-c3ccccc3)cc(-n3c4ccccc4c4cc(-c5ccc6c(c5)c5cccc7c5n6-c5cccc6c5-c5c(cccc5-7)CO6)ccc43)c2)cc1. The van der Waals surface area contributed by atoms with Gasteiger partial charge < -0.3 is 13.9 Å². The molecule has 0 bridgehead atoms. The number of fused-ring (bicyclic) bond motifs is 8. The van der Waals surface area contributed by atoms with Crippen molar-refractivity contribution in [3.8, 4) is 72.8 Å². The maximum atomic E-state index is 6.37. The first-order chi connectivity index (χ1) is 28.8. The van der Waals surface area contributed by atoms with Crippen LogP contribution in [0.1, 0.15) is 5.56 Å². The number of ether oxygens (including phenoxy) is 1. The van der Waals surface area contributed by atoms with Crippen LogP contribution < -0.4 is 4.74 Å². The molecule has 2 aromatic heterocycles. The lowest BCUT2D eigenvalue weighted by Gasteiger charge is -2.24. The Hall–Kier alpha value is -7.62. The summed E-state index contributed by atoms with van der Waals surface area (Å²) in [5, 5.41) is 4.98. The molecule has 270 valence electrons. The molecule has 0 unspecified atom stereocenters. The third kappa shape index (κ3) is 4.44. The van der Waals surface area contributed by atoms with Gasteiger partial charge in [0, 0.05) is 43.9 Å². The Bertz CT molecular complexity index is 3440. The van der Waals surface area contributed by atoms with Crippen LogP contribution in [0.4, 0.5) is 0 Å². The van der Waals surface area contributed by atoms with E-state index in [1.54, 1.807) is 0 Å². The van der Waals surface area contributed by atoms with E-state index < -0.39 is 0 Å². The minimum atomic E-state index is 0.590. The molecule has 11 aromatic rings. The maximum Gasteiger partial charge on any atom is 0.129 e. The average molecular weight is 739 g/mol. The lowest BCUT2D eigenvalue weighted by molar-refractivity contribution is 0.302. The minimum absolute atomic E-state index is 0.590. The van der Waals surface area contributed by atoms with Gasteiger partial charge in [0.1, 0.15) is 12.4 Å². The first-order valence-corrected chi connectivity index (χ1v) is 20.0. The van der Waals surface area contributed by atoms with Gasteiger partial charge in [0.05, 0.1) is 27.8 Å². The highest BCUT2D eigenvalue weighted by Crippen LogP contribution is 2.52. The number of benzene rings is 9. The van der Waals surface area contributed by atoms with Crippen LogP contribution in [0.25, 0.3) is 111 Å². The summed E-state index contributed by atoms with van der Waals surface area (Å²) in [6.45, 7) is 0.590. The third-order valence-corrected chi connectivity index (χ3v) is 12.5. The molecule has 2 aliphatic rings. The molecule has 0 saturated carbocycles. The van der Waals surface area contributed by atoms with Crippen molar-refractivity contribution in [2.45, 2.75) is 6.61 Å². The lowest BCUT2D eigenvalue weighted by atomic mass is 9.88. The monoisotopic (exact) mass is 738 g/mol. The van der Waals surface area contributed by atoms with Crippen molar-refractivity contribution in [1.82, 2.24) is 9.13 Å². The molecule has 3 heteroatoms. The van der Waals surface area contributed by atoms with Gasteiger partial charge in [-0.15, -0.1) is 0 Å². The van der Waals surface area contributed by atoms with Crippen LogP contribution in [0.5, 0.6) is 5.75 Å². The second-order valence-electron chi connectivity index (χ2n) is 15.6. The molecule has 0 fully saturated rings. The zero-order valence-corrected chi connectivity index (χ0v) is 31.5. The summed E-state index contributed by atoms with van der Waals surface area (Å²) >= 11 is 0. The summed E-state index contributed by atoms with van der Waals surface area (Å²) < 4.78 is 11.3. The van der Waals surface area contributed by atoms with Gasteiger partial charge in [0.25, 0.3) is 0 Å². The number of rotatable bonds is 4. The van der Waals surface area contributed by atoms with Crippen LogP contribution in [0.3, 0.4) is 0 Å². The highest BCUT2D eigenvalue weighted by molar-refractivity contribution is 6.18. The van der Waals surface area contributed by atoms with E-state index >= 15 is 0 Å². The fourth-order valence-electron chi connectivity index (χ4n) is 9.95. The second kappa shape index (κ2) is 11.9. The first kappa shape index (κ1) is 31.6. The maximum absolute atomic E-state index is 6.37. The van der Waals surface area contributed by atoms with E-state index in [9.17, 15) is 0 Å². The van der Waals surface area contributed by atoms with Gasteiger partial charge in [0.15, 0.2) is 0 Å². The molecule has 13 rings (SSSR count). The normalized spacial score (nSPS) is 12.6. The lowest BCUT2D eigenvalue weighted by Crippen LogP contribution is -2.08. The smallest absolute Gasteiger partial charge is 0.129 e. The zero-order chi connectivity index (χ0) is 37.9. The molecule has 4 heterocycles. The topological polar surface area (TPSA) is 19.1 Å². The summed E-state index contributed by atoms with van der Waals surface area (Å²) in [5.41, 5.74) is 20.6.